The molecule has 1 N–H and O–H groups in total. The van der Waals surface area contributed by atoms with E-state index in [9.17, 15) is 18.7 Å². The molecule has 34 heavy (non-hydrogen) atoms. The highest BCUT2D eigenvalue weighted by Crippen LogP contribution is 2.51. The molecule has 0 bridgehead atoms. The predicted molar refractivity (Wildman–Crippen MR) is 126 cm³/mol. The minimum atomic E-state index is -1.07. The van der Waals surface area contributed by atoms with Crippen LogP contribution in [-0.2, 0) is 13.1 Å². The Morgan fingerprint density at radius 1 is 1.00 bits per heavy atom. The second-order valence-electron chi connectivity index (χ2n) is 9.80. The Hall–Kier alpha value is -2.90. The zero-order chi connectivity index (χ0) is 23.8. The Balaban J connectivity index is 1.38. The average Bonchev–Trinajstić information content (AvgIpc) is 3.31. The zero-order valence-electron chi connectivity index (χ0n) is 19.1. The summed E-state index contributed by atoms with van der Waals surface area (Å²) in [5, 5.41) is 11.9. The molecule has 0 amide bonds. The number of halogens is 2. The third-order valence-corrected chi connectivity index (χ3v) is 7.72. The van der Waals surface area contributed by atoms with Crippen molar-refractivity contribution in [2.45, 2.75) is 50.8 Å². The van der Waals surface area contributed by atoms with Crippen LogP contribution in [0.5, 0.6) is 0 Å². The SMILES string of the molecule is O=c1cc(-c2ccccc2)ncn1C[C@]1(O)CCN(Cc2cccc(F)c2F)CC12CCCC2. The van der Waals surface area contributed by atoms with Gasteiger partial charge in [0.2, 0.25) is 0 Å². The Bertz CT molecular complexity index is 1220. The van der Waals surface area contributed by atoms with Crippen molar-refractivity contribution in [1.29, 1.82) is 0 Å². The molecule has 5 rings (SSSR count). The molecular weight excluding hydrogens is 436 g/mol. The fourth-order valence-electron chi connectivity index (χ4n) is 5.82. The highest BCUT2D eigenvalue weighted by Gasteiger charge is 2.54. The van der Waals surface area contributed by atoms with Gasteiger partial charge in [-0.2, -0.15) is 0 Å². The standard InChI is InChI=1S/C27H29F2N3O2/c28-22-10-6-9-21(25(22)29)16-31-14-13-27(34,26(17-31)11-4-5-12-26)18-32-19-30-23(15-24(32)33)20-7-2-1-3-8-20/h1-3,6-10,15,19,34H,4-5,11-14,16-18H2/t27-/m1/s1. The van der Waals surface area contributed by atoms with Crippen molar-refractivity contribution in [3.05, 3.63) is 88.5 Å². The molecule has 1 spiro atoms. The van der Waals surface area contributed by atoms with E-state index in [4.69, 9.17) is 0 Å². The van der Waals surface area contributed by atoms with E-state index in [0.29, 0.717) is 37.3 Å². The number of rotatable bonds is 5. The lowest BCUT2D eigenvalue weighted by Gasteiger charge is -2.52. The van der Waals surface area contributed by atoms with Crippen LogP contribution in [-0.4, -0.2) is 38.2 Å². The Morgan fingerprint density at radius 3 is 2.50 bits per heavy atom. The smallest absolute Gasteiger partial charge is 0.253 e. The first-order valence-electron chi connectivity index (χ1n) is 11.9. The lowest BCUT2D eigenvalue weighted by molar-refractivity contribution is -0.144. The van der Waals surface area contributed by atoms with Crippen LogP contribution in [0.25, 0.3) is 11.3 Å². The van der Waals surface area contributed by atoms with Crippen molar-refractivity contribution in [2.75, 3.05) is 13.1 Å². The van der Waals surface area contributed by atoms with Crippen molar-refractivity contribution < 1.29 is 13.9 Å². The summed E-state index contributed by atoms with van der Waals surface area (Å²) in [5.41, 5.74) is 0.148. The summed E-state index contributed by atoms with van der Waals surface area (Å²) in [7, 11) is 0. The summed E-state index contributed by atoms with van der Waals surface area (Å²) < 4.78 is 29.5. The lowest BCUT2D eigenvalue weighted by atomic mass is 9.65. The van der Waals surface area contributed by atoms with Crippen LogP contribution in [0, 0.1) is 17.0 Å². The van der Waals surface area contributed by atoms with Crippen LogP contribution in [0.3, 0.4) is 0 Å². The van der Waals surface area contributed by atoms with Gasteiger partial charge in [0.05, 0.1) is 24.2 Å². The summed E-state index contributed by atoms with van der Waals surface area (Å²) in [6, 6.07) is 15.3. The van der Waals surface area contributed by atoms with Gasteiger partial charge in [0.15, 0.2) is 11.6 Å². The molecule has 2 fully saturated rings. The van der Waals surface area contributed by atoms with E-state index >= 15 is 0 Å². The molecule has 178 valence electrons. The minimum absolute atomic E-state index is 0.177. The van der Waals surface area contributed by atoms with E-state index in [1.807, 2.05) is 30.3 Å². The molecule has 1 aliphatic heterocycles. The molecular formula is C27H29F2N3O2. The molecule has 5 nitrogen and oxygen atoms in total. The fraction of sp³-hybridized carbons (Fsp3) is 0.407. The van der Waals surface area contributed by atoms with Gasteiger partial charge in [-0.15, -0.1) is 0 Å². The first kappa shape index (κ1) is 22.9. The molecule has 1 atom stereocenters. The van der Waals surface area contributed by atoms with Crippen molar-refractivity contribution in [2.24, 2.45) is 5.41 Å². The van der Waals surface area contributed by atoms with Gasteiger partial charge in [-0.3, -0.25) is 14.3 Å². The van der Waals surface area contributed by atoms with E-state index < -0.39 is 22.7 Å². The molecule has 7 heteroatoms. The largest absolute Gasteiger partial charge is 0.387 e. The Morgan fingerprint density at radius 2 is 1.76 bits per heavy atom. The summed E-state index contributed by atoms with van der Waals surface area (Å²) >= 11 is 0. The number of aromatic nitrogens is 2. The van der Waals surface area contributed by atoms with Crippen LogP contribution in [0.4, 0.5) is 8.78 Å². The van der Waals surface area contributed by atoms with Crippen LogP contribution < -0.4 is 5.56 Å². The van der Waals surface area contributed by atoms with Crippen molar-refractivity contribution in [3.8, 4) is 11.3 Å². The van der Waals surface area contributed by atoms with Gasteiger partial charge in [-0.1, -0.05) is 55.3 Å². The van der Waals surface area contributed by atoms with Gasteiger partial charge in [0.25, 0.3) is 5.56 Å². The highest BCUT2D eigenvalue weighted by atomic mass is 19.2. The summed E-state index contributed by atoms with van der Waals surface area (Å²) in [6.45, 7) is 1.60. The molecule has 1 aromatic heterocycles. The molecule has 0 radical (unpaired) electrons. The number of benzene rings is 2. The topological polar surface area (TPSA) is 58.4 Å². The normalized spacial score (nSPS) is 22.3. The van der Waals surface area contributed by atoms with Gasteiger partial charge in [0, 0.05) is 42.2 Å². The average molecular weight is 466 g/mol. The van der Waals surface area contributed by atoms with Gasteiger partial charge in [0.1, 0.15) is 0 Å². The molecule has 1 aliphatic carbocycles. The Kier molecular flexibility index (Phi) is 6.08. The van der Waals surface area contributed by atoms with E-state index in [1.54, 1.807) is 6.07 Å². The van der Waals surface area contributed by atoms with E-state index in [2.05, 4.69) is 9.88 Å². The number of aliphatic hydroxyl groups is 1. The zero-order valence-corrected chi connectivity index (χ0v) is 19.1. The molecule has 3 aromatic rings. The van der Waals surface area contributed by atoms with Crippen LogP contribution in [0.1, 0.15) is 37.7 Å². The van der Waals surface area contributed by atoms with E-state index in [0.717, 1.165) is 37.3 Å². The van der Waals surface area contributed by atoms with Gasteiger partial charge in [-0.05, 0) is 25.3 Å². The maximum absolute atomic E-state index is 14.3. The summed E-state index contributed by atoms with van der Waals surface area (Å²) in [5.74, 6) is -1.65. The number of piperidine rings is 1. The maximum Gasteiger partial charge on any atom is 0.253 e. The summed E-state index contributed by atoms with van der Waals surface area (Å²) in [6.07, 6.45) is 5.68. The van der Waals surface area contributed by atoms with Crippen LogP contribution in [0.2, 0.25) is 0 Å². The Labute approximate surface area is 197 Å². The fourth-order valence-corrected chi connectivity index (χ4v) is 5.82. The molecule has 2 aromatic carbocycles. The van der Waals surface area contributed by atoms with E-state index in [-0.39, 0.29) is 12.1 Å². The monoisotopic (exact) mass is 465 g/mol. The first-order chi connectivity index (χ1) is 16.4. The van der Waals surface area contributed by atoms with Crippen molar-refractivity contribution >= 4 is 0 Å². The second-order valence-corrected chi connectivity index (χ2v) is 9.80. The number of hydrogen-bond acceptors (Lipinski definition) is 4. The van der Waals surface area contributed by atoms with Crippen LogP contribution >= 0.6 is 0 Å². The van der Waals surface area contributed by atoms with Gasteiger partial charge in [-0.25, -0.2) is 13.8 Å². The first-order valence-corrected chi connectivity index (χ1v) is 11.9. The summed E-state index contributed by atoms with van der Waals surface area (Å²) in [4.78, 5) is 19.5. The van der Waals surface area contributed by atoms with E-state index in [1.165, 1.54) is 23.0 Å². The molecule has 1 saturated carbocycles. The molecule has 2 aliphatic rings. The second kappa shape index (κ2) is 9.04. The van der Waals surface area contributed by atoms with Crippen LogP contribution in [0.15, 0.2) is 65.7 Å². The highest BCUT2D eigenvalue weighted by molar-refractivity contribution is 5.57. The third kappa shape index (κ3) is 4.18. The maximum atomic E-state index is 14.3. The number of likely N-dealkylation sites (tertiary alicyclic amines) is 1. The number of nitrogens with zero attached hydrogens (tertiary/aromatic N) is 3. The van der Waals surface area contributed by atoms with Crippen molar-refractivity contribution in [1.82, 2.24) is 14.5 Å². The number of hydrogen-bond donors (Lipinski definition) is 1. The lowest BCUT2D eigenvalue weighted by Crippen LogP contribution is -2.61. The third-order valence-electron chi connectivity index (χ3n) is 7.72. The molecule has 0 unspecified atom stereocenters. The van der Waals surface area contributed by atoms with Crippen molar-refractivity contribution in [3.63, 3.8) is 0 Å². The molecule has 1 saturated heterocycles. The van der Waals surface area contributed by atoms with Gasteiger partial charge < -0.3 is 5.11 Å². The quantitative estimate of drug-likeness (QED) is 0.607. The minimum Gasteiger partial charge on any atom is -0.387 e. The predicted octanol–water partition coefficient (Wildman–Crippen LogP) is 4.39. The van der Waals surface area contributed by atoms with Gasteiger partial charge >= 0.3 is 0 Å². The molecule has 2 heterocycles.